The molecule has 1 aliphatic heterocycles. The molecule has 0 amide bonds. The second-order valence-corrected chi connectivity index (χ2v) is 6.08. The number of ether oxygens (including phenoxy) is 1. The highest BCUT2D eigenvalue weighted by atomic mass is 32.1. The summed E-state index contributed by atoms with van der Waals surface area (Å²) < 4.78 is 5.86. The monoisotopic (exact) mass is 274 g/mol. The summed E-state index contributed by atoms with van der Waals surface area (Å²) in [6.45, 7) is 2.85. The van der Waals surface area contributed by atoms with Crippen LogP contribution in [0.5, 0.6) is 5.75 Å². The van der Waals surface area contributed by atoms with Crippen LogP contribution in [0, 0.1) is 12.8 Å². The Morgan fingerprint density at radius 3 is 2.95 bits per heavy atom. The Hall–Kier alpha value is -1.36. The minimum absolute atomic E-state index is 0.152. The molecule has 100 valence electrons. The second kappa shape index (κ2) is 5.33. The molecule has 2 aromatic rings. The van der Waals surface area contributed by atoms with Gasteiger partial charge in [0, 0.05) is 10.8 Å². The Balaban J connectivity index is 1.85. The number of hydrogen-bond acceptors (Lipinski definition) is 4. The van der Waals surface area contributed by atoms with E-state index in [0.717, 1.165) is 12.2 Å². The number of benzene rings is 1. The van der Waals surface area contributed by atoms with Gasteiger partial charge in [-0.15, -0.1) is 11.3 Å². The van der Waals surface area contributed by atoms with Crippen molar-refractivity contribution in [2.75, 3.05) is 6.61 Å². The molecule has 0 saturated heterocycles. The molecule has 3 nitrogen and oxygen atoms in total. The number of hydrazine groups is 1. The average Bonchev–Trinajstić information content (AvgIpc) is 2.86. The molecule has 2 atom stereocenters. The lowest BCUT2D eigenvalue weighted by atomic mass is 9.87. The number of thiophene rings is 1. The number of fused-ring (bicyclic) bond motifs is 1. The molecule has 0 fully saturated rings. The highest BCUT2D eigenvalue weighted by Gasteiger charge is 2.29. The SMILES string of the molecule is Cc1sccc1C(NN)C1COc2ccccc2C1. The molecule has 0 radical (unpaired) electrons. The summed E-state index contributed by atoms with van der Waals surface area (Å²) in [5, 5.41) is 2.12. The van der Waals surface area contributed by atoms with Gasteiger partial charge in [0.1, 0.15) is 5.75 Å². The van der Waals surface area contributed by atoms with Gasteiger partial charge >= 0.3 is 0 Å². The van der Waals surface area contributed by atoms with E-state index in [0.29, 0.717) is 12.5 Å². The minimum Gasteiger partial charge on any atom is -0.493 e. The van der Waals surface area contributed by atoms with Gasteiger partial charge in [0.05, 0.1) is 12.6 Å². The van der Waals surface area contributed by atoms with Crippen LogP contribution in [0.1, 0.15) is 22.0 Å². The van der Waals surface area contributed by atoms with Crippen molar-refractivity contribution in [3.8, 4) is 5.75 Å². The molecule has 0 aliphatic carbocycles. The smallest absolute Gasteiger partial charge is 0.122 e. The fraction of sp³-hybridized carbons (Fsp3) is 0.333. The van der Waals surface area contributed by atoms with Gasteiger partial charge in [0.15, 0.2) is 0 Å². The predicted octanol–water partition coefficient (Wildman–Crippen LogP) is 2.81. The van der Waals surface area contributed by atoms with E-state index in [1.54, 1.807) is 11.3 Å². The van der Waals surface area contributed by atoms with E-state index in [2.05, 4.69) is 35.9 Å². The second-order valence-electron chi connectivity index (χ2n) is 4.96. The van der Waals surface area contributed by atoms with Gasteiger partial charge in [-0.2, -0.15) is 0 Å². The topological polar surface area (TPSA) is 47.3 Å². The standard InChI is InChI=1S/C15H18N2OS/c1-10-13(6-7-19-10)15(17-16)12-8-11-4-2-3-5-14(11)18-9-12/h2-7,12,15,17H,8-9,16H2,1H3. The number of nitrogens with two attached hydrogens (primary N) is 1. The zero-order chi connectivity index (χ0) is 13.2. The summed E-state index contributed by atoms with van der Waals surface area (Å²) in [6, 6.07) is 10.6. The van der Waals surface area contributed by atoms with Crippen molar-refractivity contribution in [1.82, 2.24) is 5.43 Å². The molecule has 2 unspecified atom stereocenters. The maximum atomic E-state index is 5.86. The van der Waals surface area contributed by atoms with E-state index in [-0.39, 0.29) is 6.04 Å². The molecule has 2 heterocycles. The first kappa shape index (κ1) is 12.7. The Labute approximate surface area is 117 Å². The molecule has 0 spiro atoms. The molecule has 3 N–H and O–H groups in total. The van der Waals surface area contributed by atoms with Crippen molar-refractivity contribution in [2.45, 2.75) is 19.4 Å². The summed E-state index contributed by atoms with van der Waals surface area (Å²) in [5.74, 6) is 7.16. The van der Waals surface area contributed by atoms with Crippen LogP contribution in [-0.4, -0.2) is 6.61 Å². The Bertz CT molecular complexity index is 567. The molecule has 19 heavy (non-hydrogen) atoms. The predicted molar refractivity (Wildman–Crippen MR) is 78.3 cm³/mol. The lowest BCUT2D eigenvalue weighted by Crippen LogP contribution is -2.38. The van der Waals surface area contributed by atoms with Crippen LogP contribution in [0.2, 0.25) is 0 Å². The van der Waals surface area contributed by atoms with Crippen LogP contribution in [0.4, 0.5) is 0 Å². The molecular weight excluding hydrogens is 256 g/mol. The van der Waals surface area contributed by atoms with Crippen molar-refractivity contribution in [3.05, 3.63) is 51.7 Å². The largest absolute Gasteiger partial charge is 0.493 e. The number of nitrogens with one attached hydrogen (secondary N) is 1. The van der Waals surface area contributed by atoms with Gasteiger partial charge in [-0.25, -0.2) is 0 Å². The van der Waals surface area contributed by atoms with E-state index >= 15 is 0 Å². The number of hydrogen-bond donors (Lipinski definition) is 2. The minimum atomic E-state index is 0.152. The average molecular weight is 274 g/mol. The zero-order valence-corrected chi connectivity index (χ0v) is 11.7. The maximum Gasteiger partial charge on any atom is 0.122 e. The zero-order valence-electron chi connectivity index (χ0n) is 10.9. The first-order valence-electron chi connectivity index (χ1n) is 6.50. The van der Waals surface area contributed by atoms with Crippen LogP contribution >= 0.6 is 11.3 Å². The third-order valence-corrected chi connectivity index (χ3v) is 4.65. The third kappa shape index (κ3) is 2.39. The number of para-hydroxylation sites is 1. The molecule has 0 saturated carbocycles. The Kier molecular flexibility index (Phi) is 3.55. The van der Waals surface area contributed by atoms with Gasteiger partial charge in [0.2, 0.25) is 0 Å². The molecule has 4 heteroatoms. The summed E-state index contributed by atoms with van der Waals surface area (Å²) in [7, 11) is 0. The Morgan fingerprint density at radius 1 is 1.37 bits per heavy atom. The van der Waals surface area contributed by atoms with Crippen LogP contribution in [-0.2, 0) is 6.42 Å². The van der Waals surface area contributed by atoms with Gasteiger partial charge in [-0.05, 0) is 42.0 Å². The van der Waals surface area contributed by atoms with Crippen LogP contribution in [0.25, 0.3) is 0 Å². The molecule has 1 aliphatic rings. The van der Waals surface area contributed by atoms with Crippen molar-refractivity contribution in [2.24, 2.45) is 11.8 Å². The van der Waals surface area contributed by atoms with E-state index in [1.807, 2.05) is 12.1 Å². The summed E-state index contributed by atoms with van der Waals surface area (Å²) in [4.78, 5) is 1.32. The lowest BCUT2D eigenvalue weighted by molar-refractivity contribution is 0.185. The summed E-state index contributed by atoms with van der Waals surface area (Å²) in [6.07, 6.45) is 1.00. The first-order chi connectivity index (χ1) is 9.29. The van der Waals surface area contributed by atoms with Crippen molar-refractivity contribution in [1.29, 1.82) is 0 Å². The van der Waals surface area contributed by atoms with Gasteiger partial charge in [-0.1, -0.05) is 18.2 Å². The molecule has 1 aromatic carbocycles. The highest BCUT2D eigenvalue weighted by Crippen LogP contribution is 2.35. The van der Waals surface area contributed by atoms with E-state index in [9.17, 15) is 0 Å². The number of aryl methyl sites for hydroxylation is 1. The highest BCUT2D eigenvalue weighted by molar-refractivity contribution is 7.10. The fourth-order valence-corrected chi connectivity index (χ4v) is 3.51. The van der Waals surface area contributed by atoms with Gasteiger partial charge < -0.3 is 4.74 Å². The molecule has 3 rings (SSSR count). The van der Waals surface area contributed by atoms with E-state index in [1.165, 1.54) is 16.0 Å². The lowest BCUT2D eigenvalue weighted by Gasteiger charge is -2.31. The molecular formula is C15H18N2OS. The first-order valence-corrected chi connectivity index (χ1v) is 7.38. The van der Waals surface area contributed by atoms with Gasteiger partial charge in [-0.3, -0.25) is 11.3 Å². The van der Waals surface area contributed by atoms with Gasteiger partial charge in [0.25, 0.3) is 0 Å². The fourth-order valence-electron chi connectivity index (χ4n) is 2.76. The summed E-state index contributed by atoms with van der Waals surface area (Å²) >= 11 is 1.76. The quantitative estimate of drug-likeness (QED) is 0.668. The van der Waals surface area contributed by atoms with Crippen molar-refractivity contribution < 1.29 is 4.74 Å². The normalized spacial score (nSPS) is 19.6. The number of rotatable bonds is 3. The third-order valence-electron chi connectivity index (χ3n) is 3.79. The van der Waals surface area contributed by atoms with E-state index in [4.69, 9.17) is 10.6 Å². The molecule has 0 bridgehead atoms. The van der Waals surface area contributed by atoms with Crippen molar-refractivity contribution >= 4 is 11.3 Å². The summed E-state index contributed by atoms with van der Waals surface area (Å²) in [5.41, 5.74) is 5.53. The van der Waals surface area contributed by atoms with Crippen LogP contribution in [0.15, 0.2) is 35.7 Å². The van der Waals surface area contributed by atoms with Crippen LogP contribution in [0.3, 0.4) is 0 Å². The van der Waals surface area contributed by atoms with E-state index < -0.39 is 0 Å². The maximum absolute atomic E-state index is 5.86. The van der Waals surface area contributed by atoms with Crippen molar-refractivity contribution in [3.63, 3.8) is 0 Å². The van der Waals surface area contributed by atoms with Crippen LogP contribution < -0.4 is 16.0 Å². The molecule has 1 aromatic heterocycles. The Morgan fingerprint density at radius 2 is 2.21 bits per heavy atom.